The third kappa shape index (κ3) is 4.48. The molecular formula is C25H38N2O5S. The fourth-order valence-electron chi connectivity index (χ4n) is 5.71. The molecule has 8 heteroatoms. The van der Waals surface area contributed by atoms with Gasteiger partial charge in [-0.1, -0.05) is 12.2 Å². The van der Waals surface area contributed by atoms with Crippen molar-refractivity contribution in [3.63, 3.8) is 0 Å². The smallest absolute Gasteiger partial charge is 0.310 e. The predicted molar refractivity (Wildman–Crippen MR) is 130 cm³/mol. The highest BCUT2D eigenvalue weighted by Crippen LogP contribution is 2.66. The fourth-order valence-corrected chi connectivity index (χ4v) is 7.90. The molecule has 1 N–H and O–H groups in total. The molecule has 3 aliphatic rings. The molecule has 3 saturated heterocycles. The Morgan fingerprint density at radius 2 is 2.03 bits per heavy atom. The van der Waals surface area contributed by atoms with E-state index in [1.807, 2.05) is 19.9 Å². The highest BCUT2D eigenvalue weighted by atomic mass is 32.2. The summed E-state index contributed by atoms with van der Waals surface area (Å²) in [5.74, 6) is -1.81. The summed E-state index contributed by atoms with van der Waals surface area (Å²) in [6.07, 6.45) is 7.54. The number of fused-ring (bicyclic) bond motifs is 1. The van der Waals surface area contributed by atoms with Crippen molar-refractivity contribution in [2.45, 2.75) is 81.0 Å². The molecule has 0 aliphatic carbocycles. The number of amides is 2. The van der Waals surface area contributed by atoms with Crippen LogP contribution in [0.5, 0.6) is 0 Å². The zero-order chi connectivity index (χ0) is 24.3. The molecule has 184 valence electrons. The van der Waals surface area contributed by atoms with Crippen molar-refractivity contribution >= 4 is 29.5 Å². The van der Waals surface area contributed by atoms with Crippen LogP contribution in [0.25, 0.3) is 0 Å². The predicted octanol–water partition coefficient (Wildman–Crippen LogP) is 2.78. The molecule has 33 heavy (non-hydrogen) atoms. The van der Waals surface area contributed by atoms with Crippen LogP contribution in [0.1, 0.15) is 52.9 Å². The van der Waals surface area contributed by atoms with E-state index in [2.05, 4.69) is 13.2 Å². The van der Waals surface area contributed by atoms with Crippen LogP contribution in [0.15, 0.2) is 25.3 Å². The Hall–Kier alpha value is -1.80. The monoisotopic (exact) mass is 478 g/mol. The Balaban J connectivity index is 1.91. The molecule has 0 aromatic carbocycles. The van der Waals surface area contributed by atoms with Crippen molar-refractivity contribution in [2.75, 3.05) is 19.8 Å². The summed E-state index contributed by atoms with van der Waals surface area (Å²) in [5.41, 5.74) is 0. The van der Waals surface area contributed by atoms with Crippen LogP contribution >= 0.6 is 11.8 Å². The number of unbranched alkanes of at least 4 members (excludes halogenated alkanes) is 2. The molecule has 0 aromatic heterocycles. The van der Waals surface area contributed by atoms with Crippen LogP contribution in [0.2, 0.25) is 0 Å². The first-order chi connectivity index (χ1) is 15.7. The maximum Gasteiger partial charge on any atom is 0.310 e. The zero-order valence-electron chi connectivity index (χ0n) is 20.1. The van der Waals surface area contributed by atoms with E-state index in [-0.39, 0.29) is 35.7 Å². The van der Waals surface area contributed by atoms with Gasteiger partial charge in [-0.05, 0) is 52.9 Å². The number of carbonyl (C=O) groups is 3. The lowest BCUT2D eigenvalue weighted by molar-refractivity contribution is -0.154. The third-order valence-corrected chi connectivity index (χ3v) is 9.21. The first-order valence-corrected chi connectivity index (χ1v) is 12.9. The molecule has 2 amide bonds. The number of thioether (sulfide) groups is 1. The Bertz CT molecular complexity index is 787. The molecule has 1 spiro atoms. The first kappa shape index (κ1) is 25.8. The van der Waals surface area contributed by atoms with Gasteiger partial charge in [0.25, 0.3) is 0 Å². The van der Waals surface area contributed by atoms with Crippen LogP contribution in [-0.2, 0) is 19.1 Å². The molecule has 3 fully saturated rings. The lowest BCUT2D eigenvalue weighted by Crippen LogP contribution is -2.58. The van der Waals surface area contributed by atoms with Gasteiger partial charge >= 0.3 is 5.97 Å². The second kappa shape index (κ2) is 10.6. The quantitative estimate of drug-likeness (QED) is 0.264. The Kier molecular flexibility index (Phi) is 8.32. The molecule has 6 atom stereocenters. The number of esters is 1. The van der Waals surface area contributed by atoms with Crippen molar-refractivity contribution in [3.05, 3.63) is 25.3 Å². The van der Waals surface area contributed by atoms with Gasteiger partial charge in [0.15, 0.2) is 0 Å². The lowest BCUT2D eigenvalue weighted by atomic mass is 9.71. The Labute approximate surface area is 201 Å². The summed E-state index contributed by atoms with van der Waals surface area (Å²) in [6.45, 7) is 13.6. The molecule has 0 radical (unpaired) electrons. The number of hydrogen-bond acceptors (Lipinski definition) is 6. The van der Waals surface area contributed by atoms with Gasteiger partial charge in [0.05, 0.1) is 35.8 Å². The molecule has 3 heterocycles. The van der Waals surface area contributed by atoms with Crippen molar-refractivity contribution < 1.29 is 24.2 Å². The second-order valence-corrected chi connectivity index (χ2v) is 11.3. The minimum atomic E-state index is -0.708. The van der Waals surface area contributed by atoms with Crippen LogP contribution in [0, 0.1) is 11.8 Å². The average Bonchev–Trinajstić information content (AvgIpc) is 3.43. The third-order valence-electron chi connectivity index (χ3n) is 7.26. The summed E-state index contributed by atoms with van der Waals surface area (Å²) in [5, 5.41) is 9.90. The minimum absolute atomic E-state index is 0.0200. The summed E-state index contributed by atoms with van der Waals surface area (Å²) in [6, 6.07) is -1.29. The number of carbonyl (C=O) groups excluding carboxylic acids is 3. The van der Waals surface area contributed by atoms with Crippen molar-refractivity contribution in [2.24, 2.45) is 11.8 Å². The first-order valence-electron chi connectivity index (χ1n) is 12.0. The van der Waals surface area contributed by atoms with Gasteiger partial charge < -0.3 is 19.6 Å². The van der Waals surface area contributed by atoms with Crippen molar-refractivity contribution in [1.29, 1.82) is 0 Å². The number of aliphatic hydroxyl groups is 1. The number of hydrogen-bond donors (Lipinski definition) is 1. The van der Waals surface area contributed by atoms with E-state index >= 15 is 0 Å². The summed E-state index contributed by atoms with van der Waals surface area (Å²) in [7, 11) is 0. The fraction of sp³-hybridized carbons (Fsp3) is 0.720. The van der Waals surface area contributed by atoms with Crippen LogP contribution < -0.4 is 0 Å². The Morgan fingerprint density at radius 1 is 1.30 bits per heavy atom. The van der Waals surface area contributed by atoms with Gasteiger partial charge in [0, 0.05) is 17.8 Å². The maximum atomic E-state index is 13.9. The minimum Gasteiger partial charge on any atom is -0.465 e. The SMILES string of the molecule is C=CCCCCOC(=O)[C@@H]1[C@H]2C(=O)N([C@H](C)CO)C(C(=O)N(CC=C)C(C)C)C23CC[C@H]1S3. The summed E-state index contributed by atoms with van der Waals surface area (Å²) >= 11 is 1.62. The van der Waals surface area contributed by atoms with E-state index in [9.17, 15) is 19.5 Å². The molecule has 2 bridgehead atoms. The molecule has 7 nitrogen and oxygen atoms in total. The van der Waals surface area contributed by atoms with E-state index in [1.165, 1.54) is 0 Å². The van der Waals surface area contributed by atoms with E-state index in [0.717, 1.165) is 25.7 Å². The number of aliphatic hydroxyl groups excluding tert-OH is 1. The van der Waals surface area contributed by atoms with Gasteiger partial charge in [-0.2, -0.15) is 0 Å². The number of rotatable bonds is 12. The van der Waals surface area contributed by atoms with E-state index < -0.39 is 28.7 Å². The molecule has 0 saturated carbocycles. The van der Waals surface area contributed by atoms with Gasteiger partial charge in [-0.3, -0.25) is 14.4 Å². The number of allylic oxidation sites excluding steroid dienone is 1. The normalized spacial score (nSPS) is 30.9. The summed E-state index contributed by atoms with van der Waals surface area (Å²) < 4.78 is 4.94. The molecule has 0 aromatic rings. The number of ether oxygens (including phenoxy) is 1. The molecule has 3 aliphatic heterocycles. The highest BCUT2D eigenvalue weighted by molar-refractivity contribution is 8.02. The number of nitrogens with zero attached hydrogens (tertiary/aromatic N) is 2. The molecular weight excluding hydrogens is 440 g/mol. The van der Waals surface area contributed by atoms with Gasteiger partial charge in [-0.25, -0.2) is 0 Å². The van der Waals surface area contributed by atoms with Crippen LogP contribution in [0.4, 0.5) is 0 Å². The maximum absolute atomic E-state index is 13.9. The number of likely N-dealkylation sites (tertiary alicyclic amines) is 1. The van der Waals surface area contributed by atoms with Gasteiger partial charge in [0.1, 0.15) is 6.04 Å². The van der Waals surface area contributed by atoms with Crippen LogP contribution in [-0.4, -0.2) is 80.6 Å². The largest absolute Gasteiger partial charge is 0.465 e. The highest BCUT2D eigenvalue weighted by Gasteiger charge is 2.74. The zero-order valence-corrected chi connectivity index (χ0v) is 20.9. The summed E-state index contributed by atoms with van der Waals surface area (Å²) in [4.78, 5) is 44.1. The van der Waals surface area contributed by atoms with Crippen molar-refractivity contribution in [1.82, 2.24) is 9.80 Å². The van der Waals surface area contributed by atoms with E-state index in [0.29, 0.717) is 19.6 Å². The topological polar surface area (TPSA) is 87.1 Å². The van der Waals surface area contributed by atoms with E-state index in [1.54, 1.807) is 34.6 Å². The second-order valence-electron chi connectivity index (χ2n) is 9.66. The standard InChI is InChI=1S/C25H38N2O5S/c1-6-8-9-10-14-32-24(31)19-18-11-12-25(33-18)20(19)22(29)27(17(5)15-28)21(25)23(30)26(13-7-2)16(3)4/h6-7,16-21,28H,1-2,8-15H2,3-5H3/t17-,18-,19+,20+,21?,25?/m1/s1. The van der Waals surface area contributed by atoms with Crippen LogP contribution in [0.3, 0.4) is 0 Å². The Morgan fingerprint density at radius 3 is 2.64 bits per heavy atom. The van der Waals surface area contributed by atoms with E-state index in [4.69, 9.17) is 4.74 Å². The van der Waals surface area contributed by atoms with Gasteiger partial charge in [-0.15, -0.1) is 24.9 Å². The average molecular weight is 479 g/mol. The molecule has 2 unspecified atom stereocenters. The van der Waals surface area contributed by atoms with Gasteiger partial charge in [0.2, 0.25) is 11.8 Å². The van der Waals surface area contributed by atoms with Crippen molar-refractivity contribution in [3.8, 4) is 0 Å². The lowest BCUT2D eigenvalue weighted by Gasteiger charge is -2.40. The molecule has 3 rings (SSSR count).